The van der Waals surface area contributed by atoms with E-state index in [4.69, 9.17) is 10.00 Å². The van der Waals surface area contributed by atoms with Crippen molar-refractivity contribution in [2.45, 2.75) is 6.42 Å². The van der Waals surface area contributed by atoms with Crippen LogP contribution in [-0.2, 0) is 4.74 Å². The number of rotatable bonds is 2. The number of likely N-dealkylation sites (tertiary alicyclic amines) is 1. The van der Waals surface area contributed by atoms with Crippen LogP contribution in [0.2, 0.25) is 0 Å². The number of carbonyl (C=O) groups is 1. The highest BCUT2D eigenvalue weighted by molar-refractivity contribution is 6.04. The van der Waals surface area contributed by atoms with Crippen LogP contribution in [0, 0.1) is 11.5 Å². The summed E-state index contributed by atoms with van der Waals surface area (Å²) in [5.74, 6) is -0.318. The predicted octanol–water partition coefficient (Wildman–Crippen LogP) is 0.939. The van der Waals surface area contributed by atoms with Crippen molar-refractivity contribution in [1.29, 1.82) is 5.26 Å². The second-order valence-corrected chi connectivity index (χ2v) is 6.11. The van der Waals surface area contributed by atoms with Gasteiger partial charge < -0.3 is 14.5 Å². The maximum Gasteiger partial charge on any atom is 0.295 e. The van der Waals surface area contributed by atoms with E-state index in [1.54, 1.807) is 15.5 Å². The summed E-state index contributed by atoms with van der Waals surface area (Å²) in [4.78, 5) is 24.8. The number of aromatic nitrogens is 2. The topological polar surface area (TPSA) is 86.2 Å². The second kappa shape index (κ2) is 6.53. The van der Waals surface area contributed by atoms with Crippen molar-refractivity contribution in [3.05, 3.63) is 30.2 Å². The largest absolute Gasteiger partial charge is 0.378 e. The molecule has 0 spiro atoms. The minimum absolute atomic E-state index is 0.318. The number of pyridine rings is 1. The average Bonchev–Trinajstić information content (AvgIpc) is 3.28. The first-order valence-corrected chi connectivity index (χ1v) is 8.30. The maximum atomic E-state index is 12.5. The van der Waals surface area contributed by atoms with Gasteiger partial charge in [0.1, 0.15) is 11.3 Å². The fourth-order valence-electron chi connectivity index (χ4n) is 3.17. The van der Waals surface area contributed by atoms with Crippen molar-refractivity contribution in [3.63, 3.8) is 0 Å². The minimum atomic E-state index is -0.318. The molecule has 2 saturated heterocycles. The van der Waals surface area contributed by atoms with Gasteiger partial charge >= 0.3 is 0 Å². The van der Waals surface area contributed by atoms with E-state index < -0.39 is 0 Å². The monoisotopic (exact) mass is 338 g/mol. The summed E-state index contributed by atoms with van der Waals surface area (Å²) < 4.78 is 7.14. The summed E-state index contributed by atoms with van der Waals surface area (Å²) in [6, 6.07) is 3.96. The third-order valence-corrected chi connectivity index (χ3v) is 4.54. The molecule has 2 aliphatic heterocycles. The Labute approximate surface area is 144 Å². The molecule has 128 valence electrons. The predicted molar refractivity (Wildman–Crippen MR) is 91.8 cm³/mol. The Hall–Kier alpha value is -2.92. The van der Waals surface area contributed by atoms with Crippen molar-refractivity contribution in [2.75, 3.05) is 44.3 Å². The molecule has 0 bridgehead atoms. The lowest BCUT2D eigenvalue weighted by molar-refractivity contribution is 0.0997. The molecule has 0 saturated carbocycles. The van der Waals surface area contributed by atoms with Gasteiger partial charge in [-0.3, -0.25) is 9.20 Å². The lowest BCUT2D eigenvalue weighted by Gasteiger charge is -2.28. The number of hydrogen-bond donors (Lipinski definition) is 0. The van der Waals surface area contributed by atoms with Gasteiger partial charge in [-0.2, -0.15) is 5.26 Å². The van der Waals surface area contributed by atoms with Crippen molar-refractivity contribution in [1.82, 2.24) is 14.3 Å². The summed E-state index contributed by atoms with van der Waals surface area (Å²) >= 11 is 0. The zero-order chi connectivity index (χ0) is 17.2. The number of imidazole rings is 1. The molecule has 0 aliphatic carbocycles. The van der Waals surface area contributed by atoms with Crippen molar-refractivity contribution >= 4 is 23.0 Å². The first kappa shape index (κ1) is 15.6. The van der Waals surface area contributed by atoms with Gasteiger partial charge in [-0.1, -0.05) is 0 Å². The molecule has 2 fully saturated rings. The van der Waals surface area contributed by atoms with Crippen LogP contribution in [0.5, 0.6) is 0 Å². The molecule has 0 unspecified atom stereocenters. The number of fused-ring (bicyclic) bond motifs is 1. The fourth-order valence-corrected chi connectivity index (χ4v) is 3.17. The number of morpholine rings is 1. The van der Waals surface area contributed by atoms with Gasteiger partial charge in [-0.25, -0.2) is 9.98 Å². The number of nitriles is 1. The second-order valence-electron chi connectivity index (χ2n) is 6.11. The van der Waals surface area contributed by atoms with E-state index >= 15 is 0 Å². The molecule has 0 radical (unpaired) electrons. The van der Waals surface area contributed by atoms with E-state index in [0.717, 1.165) is 43.3 Å². The Morgan fingerprint density at radius 3 is 2.92 bits per heavy atom. The van der Waals surface area contributed by atoms with E-state index in [-0.39, 0.29) is 5.91 Å². The van der Waals surface area contributed by atoms with Crippen LogP contribution < -0.4 is 4.90 Å². The van der Waals surface area contributed by atoms with Crippen molar-refractivity contribution in [2.24, 2.45) is 4.99 Å². The highest BCUT2D eigenvalue weighted by Gasteiger charge is 2.20. The first-order valence-electron chi connectivity index (χ1n) is 8.30. The van der Waals surface area contributed by atoms with Crippen LogP contribution >= 0.6 is 0 Å². The highest BCUT2D eigenvalue weighted by Crippen LogP contribution is 2.19. The average molecular weight is 338 g/mol. The van der Waals surface area contributed by atoms with Gasteiger partial charge in [-0.15, -0.1) is 0 Å². The van der Waals surface area contributed by atoms with Gasteiger partial charge in [0.2, 0.25) is 0 Å². The van der Waals surface area contributed by atoms with Crippen LogP contribution in [-0.4, -0.2) is 65.3 Å². The molecule has 4 rings (SSSR count). The molecule has 8 heteroatoms. The number of aliphatic imine (C=N–C) groups is 1. The number of ether oxygens (including phenoxy) is 1. The van der Waals surface area contributed by atoms with Gasteiger partial charge in [0.15, 0.2) is 6.19 Å². The smallest absolute Gasteiger partial charge is 0.295 e. The Morgan fingerprint density at radius 1 is 1.32 bits per heavy atom. The van der Waals surface area contributed by atoms with Gasteiger partial charge in [-0.05, 0) is 6.07 Å². The van der Waals surface area contributed by atoms with E-state index in [2.05, 4.69) is 21.1 Å². The Kier molecular flexibility index (Phi) is 4.07. The third kappa shape index (κ3) is 3.06. The van der Waals surface area contributed by atoms with Crippen LogP contribution in [0.3, 0.4) is 0 Å². The number of nitrogens with zero attached hydrogens (tertiary/aromatic N) is 6. The lowest BCUT2D eigenvalue weighted by atomic mass is 10.3. The SMILES string of the molecule is N#CN1CCC(=NC(=O)c2cnc3cc(N4CCOCC4)ccn23)C1. The molecule has 0 atom stereocenters. The standard InChI is InChI=1S/C17H18N6O2/c18-12-21-3-1-13(11-21)20-17(24)15-10-19-16-9-14(2-4-23(15)16)22-5-7-25-8-6-22/h2,4,9-10H,1,3,5-8,11H2. The molecular weight excluding hydrogens is 320 g/mol. The molecule has 8 nitrogen and oxygen atoms in total. The van der Waals surface area contributed by atoms with E-state index in [1.165, 1.54) is 0 Å². The van der Waals surface area contributed by atoms with Crippen LogP contribution in [0.4, 0.5) is 5.69 Å². The third-order valence-electron chi connectivity index (χ3n) is 4.54. The van der Waals surface area contributed by atoms with Gasteiger partial charge in [0.25, 0.3) is 5.91 Å². The number of hydrogen-bond acceptors (Lipinski definition) is 6. The molecule has 1 amide bonds. The summed E-state index contributed by atoms with van der Waals surface area (Å²) in [5, 5.41) is 8.89. The maximum absolute atomic E-state index is 12.5. The molecular formula is C17H18N6O2. The molecule has 0 aromatic carbocycles. The Bertz CT molecular complexity index is 875. The summed E-state index contributed by atoms with van der Waals surface area (Å²) in [7, 11) is 0. The molecule has 0 N–H and O–H groups in total. The van der Waals surface area contributed by atoms with E-state index in [9.17, 15) is 4.79 Å². The number of carbonyl (C=O) groups excluding carboxylic acids is 1. The van der Waals surface area contributed by atoms with Crippen molar-refractivity contribution < 1.29 is 9.53 Å². The summed E-state index contributed by atoms with van der Waals surface area (Å²) in [6.07, 6.45) is 6.14. The van der Waals surface area contributed by atoms with Gasteiger partial charge in [0, 0.05) is 49.7 Å². The summed E-state index contributed by atoms with van der Waals surface area (Å²) in [6.45, 7) is 4.21. The van der Waals surface area contributed by atoms with Gasteiger partial charge in [0.05, 0.1) is 26.0 Å². The van der Waals surface area contributed by atoms with E-state index in [1.807, 2.05) is 18.3 Å². The molecule has 25 heavy (non-hydrogen) atoms. The quantitative estimate of drug-likeness (QED) is 0.758. The highest BCUT2D eigenvalue weighted by atomic mass is 16.5. The number of anilines is 1. The molecule has 2 aromatic heterocycles. The zero-order valence-corrected chi connectivity index (χ0v) is 13.8. The molecule has 4 heterocycles. The minimum Gasteiger partial charge on any atom is -0.378 e. The Morgan fingerprint density at radius 2 is 2.16 bits per heavy atom. The number of amides is 1. The van der Waals surface area contributed by atoms with Crippen LogP contribution in [0.15, 0.2) is 29.5 Å². The molecule has 2 aromatic rings. The normalized spacial score (nSPS) is 19.6. The lowest BCUT2D eigenvalue weighted by Crippen LogP contribution is -2.36. The van der Waals surface area contributed by atoms with E-state index in [0.29, 0.717) is 25.2 Å². The van der Waals surface area contributed by atoms with Crippen molar-refractivity contribution in [3.8, 4) is 6.19 Å². The fraction of sp³-hybridized carbons (Fsp3) is 0.412. The van der Waals surface area contributed by atoms with Crippen LogP contribution in [0.1, 0.15) is 16.9 Å². The first-order chi connectivity index (χ1) is 12.2. The van der Waals surface area contributed by atoms with Crippen LogP contribution in [0.25, 0.3) is 5.65 Å². The zero-order valence-electron chi connectivity index (χ0n) is 13.8. The molecule has 2 aliphatic rings. The summed E-state index contributed by atoms with van der Waals surface area (Å²) in [5.41, 5.74) is 2.97. The Balaban J connectivity index is 1.57.